The summed E-state index contributed by atoms with van der Waals surface area (Å²) >= 11 is 0. The molecule has 1 heterocycles. The SMILES string of the molecule is CC(C)NCCNC(C)C1CCCO1. The Morgan fingerprint density at radius 3 is 2.50 bits per heavy atom. The number of rotatable bonds is 6. The highest BCUT2D eigenvalue weighted by molar-refractivity contribution is 4.76. The Labute approximate surface area is 87.6 Å². The molecule has 0 aliphatic carbocycles. The molecule has 0 aromatic rings. The second-order valence-electron chi connectivity index (χ2n) is 4.40. The lowest BCUT2D eigenvalue weighted by Crippen LogP contribution is -2.41. The zero-order chi connectivity index (χ0) is 10.4. The molecule has 2 atom stereocenters. The van der Waals surface area contributed by atoms with E-state index in [1.807, 2.05) is 0 Å². The van der Waals surface area contributed by atoms with Crippen LogP contribution in [0.3, 0.4) is 0 Å². The Morgan fingerprint density at radius 1 is 1.21 bits per heavy atom. The lowest BCUT2D eigenvalue weighted by molar-refractivity contribution is 0.0839. The van der Waals surface area contributed by atoms with Gasteiger partial charge in [-0.3, -0.25) is 0 Å². The molecule has 0 spiro atoms. The summed E-state index contributed by atoms with van der Waals surface area (Å²) < 4.78 is 5.61. The summed E-state index contributed by atoms with van der Waals surface area (Å²) in [7, 11) is 0. The summed E-state index contributed by atoms with van der Waals surface area (Å²) in [6.07, 6.45) is 2.88. The predicted octanol–water partition coefficient (Wildman–Crippen LogP) is 1.14. The van der Waals surface area contributed by atoms with Crippen molar-refractivity contribution in [3.63, 3.8) is 0 Å². The fourth-order valence-electron chi connectivity index (χ4n) is 1.79. The number of hydrogen-bond acceptors (Lipinski definition) is 3. The van der Waals surface area contributed by atoms with Gasteiger partial charge in [0.1, 0.15) is 0 Å². The molecule has 1 fully saturated rings. The van der Waals surface area contributed by atoms with Gasteiger partial charge in [0.05, 0.1) is 6.10 Å². The topological polar surface area (TPSA) is 33.3 Å². The highest BCUT2D eigenvalue weighted by atomic mass is 16.5. The minimum atomic E-state index is 0.439. The van der Waals surface area contributed by atoms with Crippen molar-refractivity contribution in [3.05, 3.63) is 0 Å². The van der Waals surface area contributed by atoms with Crippen molar-refractivity contribution in [1.29, 1.82) is 0 Å². The van der Waals surface area contributed by atoms with Gasteiger partial charge in [0.25, 0.3) is 0 Å². The van der Waals surface area contributed by atoms with Crippen LogP contribution in [0.2, 0.25) is 0 Å². The molecule has 2 unspecified atom stereocenters. The van der Waals surface area contributed by atoms with E-state index >= 15 is 0 Å². The van der Waals surface area contributed by atoms with Gasteiger partial charge >= 0.3 is 0 Å². The summed E-state index contributed by atoms with van der Waals surface area (Å²) in [6.45, 7) is 9.56. The Hall–Kier alpha value is -0.120. The van der Waals surface area contributed by atoms with Crippen LogP contribution in [0.15, 0.2) is 0 Å². The molecule has 0 saturated carbocycles. The molecule has 0 aromatic heterocycles. The van der Waals surface area contributed by atoms with Crippen molar-refractivity contribution >= 4 is 0 Å². The van der Waals surface area contributed by atoms with Crippen LogP contribution in [0.25, 0.3) is 0 Å². The summed E-state index contributed by atoms with van der Waals surface area (Å²) in [5.74, 6) is 0. The Bertz CT molecular complexity index is 144. The minimum Gasteiger partial charge on any atom is -0.377 e. The minimum absolute atomic E-state index is 0.439. The van der Waals surface area contributed by atoms with E-state index in [2.05, 4.69) is 31.4 Å². The van der Waals surface area contributed by atoms with Gasteiger partial charge in [-0.25, -0.2) is 0 Å². The van der Waals surface area contributed by atoms with Crippen molar-refractivity contribution < 1.29 is 4.74 Å². The van der Waals surface area contributed by atoms with Crippen molar-refractivity contribution in [3.8, 4) is 0 Å². The van der Waals surface area contributed by atoms with E-state index in [4.69, 9.17) is 4.74 Å². The number of ether oxygens (including phenoxy) is 1. The van der Waals surface area contributed by atoms with Gasteiger partial charge in [0.15, 0.2) is 0 Å². The van der Waals surface area contributed by atoms with Crippen molar-refractivity contribution in [2.24, 2.45) is 0 Å². The summed E-state index contributed by atoms with van der Waals surface area (Å²) in [5, 5.41) is 6.88. The van der Waals surface area contributed by atoms with E-state index in [1.165, 1.54) is 12.8 Å². The fraction of sp³-hybridized carbons (Fsp3) is 1.00. The predicted molar refractivity (Wildman–Crippen MR) is 59.6 cm³/mol. The third kappa shape index (κ3) is 4.40. The van der Waals surface area contributed by atoms with E-state index in [0.29, 0.717) is 18.2 Å². The molecule has 14 heavy (non-hydrogen) atoms. The van der Waals surface area contributed by atoms with E-state index in [1.54, 1.807) is 0 Å². The molecule has 2 N–H and O–H groups in total. The molecule has 1 aliphatic heterocycles. The fourth-order valence-corrected chi connectivity index (χ4v) is 1.79. The van der Waals surface area contributed by atoms with Gasteiger partial charge in [0, 0.05) is 31.8 Å². The molecule has 0 bridgehead atoms. The largest absolute Gasteiger partial charge is 0.377 e. The van der Waals surface area contributed by atoms with Crippen LogP contribution >= 0.6 is 0 Å². The molecule has 3 heteroatoms. The first-order valence-corrected chi connectivity index (χ1v) is 5.78. The van der Waals surface area contributed by atoms with E-state index in [-0.39, 0.29) is 0 Å². The average Bonchev–Trinajstić information content (AvgIpc) is 2.64. The van der Waals surface area contributed by atoms with Crippen LogP contribution in [0.4, 0.5) is 0 Å². The average molecular weight is 200 g/mol. The standard InChI is InChI=1S/C11H24N2O/c1-9(2)12-6-7-13-10(3)11-5-4-8-14-11/h9-13H,4-8H2,1-3H3. The molecule has 3 nitrogen and oxygen atoms in total. The lowest BCUT2D eigenvalue weighted by Gasteiger charge is -2.20. The third-order valence-electron chi connectivity index (χ3n) is 2.67. The summed E-state index contributed by atoms with van der Waals surface area (Å²) in [6, 6.07) is 1.07. The molecular formula is C11H24N2O. The third-order valence-corrected chi connectivity index (χ3v) is 2.67. The normalized spacial score (nSPS) is 24.4. The van der Waals surface area contributed by atoms with Gasteiger partial charge in [-0.15, -0.1) is 0 Å². The zero-order valence-electron chi connectivity index (χ0n) is 9.68. The maximum atomic E-state index is 5.61. The number of hydrogen-bond donors (Lipinski definition) is 2. The Morgan fingerprint density at radius 2 is 1.93 bits per heavy atom. The number of nitrogens with one attached hydrogen (secondary N) is 2. The molecule has 0 amide bonds. The first-order valence-electron chi connectivity index (χ1n) is 5.78. The van der Waals surface area contributed by atoms with Gasteiger partial charge in [-0.1, -0.05) is 13.8 Å². The van der Waals surface area contributed by atoms with Crippen LogP contribution < -0.4 is 10.6 Å². The van der Waals surface area contributed by atoms with Crippen LogP contribution in [-0.4, -0.2) is 37.9 Å². The van der Waals surface area contributed by atoms with Crippen molar-refractivity contribution in [1.82, 2.24) is 10.6 Å². The molecule has 0 aromatic carbocycles. The molecule has 0 radical (unpaired) electrons. The molecule has 1 aliphatic rings. The van der Waals surface area contributed by atoms with Crippen LogP contribution in [0.1, 0.15) is 33.6 Å². The van der Waals surface area contributed by atoms with Crippen molar-refractivity contribution in [2.45, 2.75) is 51.8 Å². The van der Waals surface area contributed by atoms with Crippen LogP contribution in [0.5, 0.6) is 0 Å². The van der Waals surface area contributed by atoms with Crippen LogP contribution in [0, 0.1) is 0 Å². The first kappa shape index (κ1) is 12.0. The van der Waals surface area contributed by atoms with Gasteiger partial charge in [-0.2, -0.15) is 0 Å². The Balaban J connectivity index is 1.99. The molecular weight excluding hydrogens is 176 g/mol. The van der Waals surface area contributed by atoms with E-state index in [0.717, 1.165) is 19.7 Å². The maximum Gasteiger partial charge on any atom is 0.0726 e. The van der Waals surface area contributed by atoms with E-state index in [9.17, 15) is 0 Å². The summed E-state index contributed by atoms with van der Waals surface area (Å²) in [4.78, 5) is 0. The molecule has 1 saturated heterocycles. The van der Waals surface area contributed by atoms with Gasteiger partial charge in [0.2, 0.25) is 0 Å². The maximum absolute atomic E-state index is 5.61. The quantitative estimate of drug-likeness (QED) is 0.631. The second-order valence-corrected chi connectivity index (χ2v) is 4.40. The van der Waals surface area contributed by atoms with E-state index < -0.39 is 0 Å². The highest BCUT2D eigenvalue weighted by Crippen LogP contribution is 2.14. The zero-order valence-corrected chi connectivity index (χ0v) is 9.68. The monoisotopic (exact) mass is 200 g/mol. The van der Waals surface area contributed by atoms with Gasteiger partial charge in [-0.05, 0) is 19.8 Å². The smallest absolute Gasteiger partial charge is 0.0726 e. The van der Waals surface area contributed by atoms with Gasteiger partial charge < -0.3 is 15.4 Å². The Kier molecular flexibility index (Phi) is 5.45. The summed E-state index contributed by atoms with van der Waals surface area (Å²) in [5.41, 5.74) is 0. The molecule has 84 valence electrons. The highest BCUT2D eigenvalue weighted by Gasteiger charge is 2.21. The second kappa shape index (κ2) is 6.38. The van der Waals surface area contributed by atoms with Crippen LogP contribution in [-0.2, 0) is 4.74 Å². The lowest BCUT2D eigenvalue weighted by atomic mass is 10.1. The first-order chi connectivity index (χ1) is 6.70. The molecule has 1 rings (SSSR count). The van der Waals surface area contributed by atoms with Crippen molar-refractivity contribution in [2.75, 3.05) is 19.7 Å².